The molecule has 0 aliphatic heterocycles. The zero-order chi connectivity index (χ0) is 13.8. The summed E-state index contributed by atoms with van der Waals surface area (Å²) in [7, 11) is 0. The van der Waals surface area contributed by atoms with E-state index in [-0.39, 0.29) is 0 Å². The van der Waals surface area contributed by atoms with Crippen molar-refractivity contribution in [3.05, 3.63) is 71.8 Å². The lowest BCUT2D eigenvalue weighted by molar-refractivity contribution is 0.701. The zero-order valence-corrected chi connectivity index (χ0v) is 11.7. The maximum Gasteiger partial charge on any atom is 0.139 e. The Kier molecular flexibility index (Phi) is 3.79. The van der Waals surface area contributed by atoms with Crippen molar-refractivity contribution in [1.82, 2.24) is 14.5 Å². The van der Waals surface area contributed by atoms with Gasteiger partial charge in [-0.15, -0.1) is 0 Å². The second kappa shape index (κ2) is 5.88. The molecule has 0 radical (unpaired) electrons. The topological polar surface area (TPSA) is 30.7 Å². The van der Waals surface area contributed by atoms with Gasteiger partial charge in [-0.25, -0.2) is 4.98 Å². The van der Waals surface area contributed by atoms with E-state index < -0.39 is 0 Å². The van der Waals surface area contributed by atoms with Gasteiger partial charge in [-0.05, 0) is 30.2 Å². The Labute approximate surface area is 122 Å². The van der Waals surface area contributed by atoms with Crippen molar-refractivity contribution in [2.75, 3.05) is 0 Å². The van der Waals surface area contributed by atoms with Crippen LogP contribution in [0.1, 0.15) is 5.56 Å². The molecule has 100 valence electrons. The van der Waals surface area contributed by atoms with Crippen molar-refractivity contribution in [3.63, 3.8) is 0 Å². The van der Waals surface area contributed by atoms with Gasteiger partial charge >= 0.3 is 0 Å². The summed E-state index contributed by atoms with van der Waals surface area (Å²) in [4.78, 5) is 8.56. The van der Waals surface area contributed by atoms with Gasteiger partial charge in [-0.2, -0.15) is 0 Å². The largest absolute Gasteiger partial charge is 0.331 e. The first kappa shape index (κ1) is 12.9. The number of hydrogen-bond acceptors (Lipinski definition) is 2. The van der Waals surface area contributed by atoms with Gasteiger partial charge < -0.3 is 4.57 Å². The molecule has 0 N–H and O–H groups in total. The van der Waals surface area contributed by atoms with E-state index in [1.807, 2.05) is 48.9 Å². The molecule has 0 amide bonds. The van der Waals surface area contributed by atoms with E-state index >= 15 is 0 Å². The Morgan fingerprint density at radius 3 is 2.85 bits per heavy atom. The van der Waals surface area contributed by atoms with Crippen molar-refractivity contribution in [2.45, 2.75) is 13.0 Å². The standard InChI is InChI=1S/C16H14ClN3/c17-15-5-1-4-14(11-15)16-19-8-10-20(16)9-6-13-3-2-7-18-12-13/h1-5,7-8,10-12H,6,9H2. The molecule has 0 bridgehead atoms. The first-order valence-corrected chi connectivity index (χ1v) is 6.87. The summed E-state index contributed by atoms with van der Waals surface area (Å²) in [6.45, 7) is 0.869. The number of hydrogen-bond donors (Lipinski definition) is 0. The maximum atomic E-state index is 6.04. The molecular formula is C16H14ClN3. The van der Waals surface area contributed by atoms with E-state index in [0.29, 0.717) is 0 Å². The van der Waals surface area contributed by atoms with Crippen LogP contribution in [0.4, 0.5) is 0 Å². The number of nitrogens with zero attached hydrogens (tertiary/aromatic N) is 3. The number of aromatic nitrogens is 3. The second-order valence-electron chi connectivity index (χ2n) is 4.57. The third-order valence-electron chi connectivity index (χ3n) is 3.16. The lowest BCUT2D eigenvalue weighted by Gasteiger charge is -2.08. The van der Waals surface area contributed by atoms with Crippen LogP contribution in [-0.4, -0.2) is 14.5 Å². The summed E-state index contributed by atoms with van der Waals surface area (Å²) in [5.41, 5.74) is 2.26. The van der Waals surface area contributed by atoms with Crippen LogP contribution in [0, 0.1) is 0 Å². The molecule has 0 fully saturated rings. The van der Waals surface area contributed by atoms with Gasteiger partial charge in [0.05, 0.1) is 0 Å². The molecule has 3 nitrogen and oxygen atoms in total. The fourth-order valence-corrected chi connectivity index (χ4v) is 2.36. The minimum absolute atomic E-state index is 0.726. The van der Waals surface area contributed by atoms with Crippen LogP contribution < -0.4 is 0 Å². The van der Waals surface area contributed by atoms with Crippen LogP contribution >= 0.6 is 11.6 Å². The molecular weight excluding hydrogens is 270 g/mol. The molecule has 20 heavy (non-hydrogen) atoms. The van der Waals surface area contributed by atoms with Crippen LogP contribution in [-0.2, 0) is 13.0 Å². The lowest BCUT2D eigenvalue weighted by Crippen LogP contribution is -2.02. The molecule has 0 unspecified atom stereocenters. The predicted molar refractivity (Wildman–Crippen MR) is 80.6 cm³/mol. The fraction of sp³-hybridized carbons (Fsp3) is 0.125. The van der Waals surface area contributed by atoms with E-state index in [4.69, 9.17) is 11.6 Å². The predicted octanol–water partition coefficient (Wildman–Crippen LogP) is 3.84. The van der Waals surface area contributed by atoms with Crippen molar-refractivity contribution in [1.29, 1.82) is 0 Å². The Hall–Kier alpha value is -2.13. The van der Waals surface area contributed by atoms with E-state index in [9.17, 15) is 0 Å². The molecule has 3 rings (SSSR count). The Morgan fingerprint density at radius 1 is 1.10 bits per heavy atom. The Morgan fingerprint density at radius 2 is 2.05 bits per heavy atom. The highest BCUT2D eigenvalue weighted by Crippen LogP contribution is 2.21. The first-order valence-electron chi connectivity index (χ1n) is 6.49. The molecule has 2 heterocycles. The minimum Gasteiger partial charge on any atom is -0.331 e. The van der Waals surface area contributed by atoms with Crippen LogP contribution in [0.3, 0.4) is 0 Å². The zero-order valence-electron chi connectivity index (χ0n) is 10.9. The summed E-state index contributed by atoms with van der Waals surface area (Å²) < 4.78 is 2.14. The second-order valence-corrected chi connectivity index (χ2v) is 5.00. The van der Waals surface area contributed by atoms with Crippen LogP contribution in [0.15, 0.2) is 61.2 Å². The van der Waals surface area contributed by atoms with E-state index in [0.717, 1.165) is 29.4 Å². The van der Waals surface area contributed by atoms with Crippen molar-refractivity contribution < 1.29 is 0 Å². The fourth-order valence-electron chi connectivity index (χ4n) is 2.17. The number of benzene rings is 1. The van der Waals surface area contributed by atoms with Crippen LogP contribution in [0.5, 0.6) is 0 Å². The highest BCUT2D eigenvalue weighted by molar-refractivity contribution is 6.30. The normalized spacial score (nSPS) is 10.7. The third-order valence-corrected chi connectivity index (χ3v) is 3.40. The average molecular weight is 284 g/mol. The van der Waals surface area contributed by atoms with E-state index in [2.05, 4.69) is 20.6 Å². The molecule has 3 aromatic rings. The SMILES string of the molecule is Clc1cccc(-c2nccn2CCc2cccnc2)c1. The third kappa shape index (κ3) is 2.89. The number of imidazole rings is 1. The Balaban J connectivity index is 1.80. The summed E-state index contributed by atoms with van der Waals surface area (Å²) in [5, 5.41) is 0.726. The number of halogens is 1. The van der Waals surface area contributed by atoms with Gasteiger partial charge in [-0.1, -0.05) is 29.8 Å². The monoisotopic (exact) mass is 283 g/mol. The molecule has 0 saturated carbocycles. The molecule has 0 saturated heterocycles. The highest BCUT2D eigenvalue weighted by atomic mass is 35.5. The molecule has 1 aromatic carbocycles. The molecule has 0 spiro atoms. The quantitative estimate of drug-likeness (QED) is 0.728. The molecule has 0 aliphatic carbocycles. The molecule has 0 atom stereocenters. The summed E-state index contributed by atoms with van der Waals surface area (Å²) in [6.07, 6.45) is 8.43. The van der Waals surface area contributed by atoms with Crippen molar-refractivity contribution in [3.8, 4) is 11.4 Å². The van der Waals surface area contributed by atoms with Crippen LogP contribution in [0.25, 0.3) is 11.4 Å². The summed E-state index contributed by atoms with van der Waals surface area (Å²) in [6, 6.07) is 11.8. The number of aryl methyl sites for hydroxylation is 2. The van der Waals surface area contributed by atoms with Gasteiger partial charge in [-0.3, -0.25) is 4.98 Å². The maximum absolute atomic E-state index is 6.04. The molecule has 2 aromatic heterocycles. The molecule has 4 heteroatoms. The summed E-state index contributed by atoms with van der Waals surface area (Å²) >= 11 is 6.04. The molecule has 0 aliphatic rings. The number of rotatable bonds is 4. The smallest absolute Gasteiger partial charge is 0.139 e. The van der Waals surface area contributed by atoms with E-state index in [1.54, 1.807) is 6.20 Å². The highest BCUT2D eigenvalue weighted by Gasteiger charge is 2.06. The van der Waals surface area contributed by atoms with Gasteiger partial charge in [0.15, 0.2) is 0 Å². The van der Waals surface area contributed by atoms with Crippen molar-refractivity contribution in [2.24, 2.45) is 0 Å². The summed E-state index contributed by atoms with van der Waals surface area (Å²) in [5.74, 6) is 0.941. The van der Waals surface area contributed by atoms with E-state index in [1.165, 1.54) is 5.56 Å². The Bertz CT molecular complexity index is 692. The van der Waals surface area contributed by atoms with Gasteiger partial charge in [0, 0.05) is 41.9 Å². The van der Waals surface area contributed by atoms with Crippen molar-refractivity contribution >= 4 is 11.6 Å². The lowest BCUT2D eigenvalue weighted by atomic mass is 10.2. The first-order chi connectivity index (χ1) is 9.83. The number of pyridine rings is 1. The van der Waals surface area contributed by atoms with Gasteiger partial charge in [0.25, 0.3) is 0 Å². The van der Waals surface area contributed by atoms with Crippen LogP contribution in [0.2, 0.25) is 5.02 Å². The minimum atomic E-state index is 0.726. The average Bonchev–Trinajstić information content (AvgIpc) is 2.95. The van der Waals surface area contributed by atoms with Gasteiger partial charge in [0.1, 0.15) is 5.82 Å². The van der Waals surface area contributed by atoms with Gasteiger partial charge in [0.2, 0.25) is 0 Å².